The number of hydrogen-bond donors (Lipinski definition) is 0. The van der Waals surface area contributed by atoms with Crippen molar-refractivity contribution >= 4 is 16.9 Å². The molecule has 0 N–H and O–H groups in total. The Labute approximate surface area is 220 Å². The Morgan fingerprint density at radius 3 is 2.31 bits per heavy atom. The number of aryl methyl sites for hydroxylation is 3. The molecule has 0 saturated heterocycles. The van der Waals surface area contributed by atoms with Crippen LogP contribution in [0.3, 0.4) is 0 Å². The summed E-state index contributed by atoms with van der Waals surface area (Å²) >= 11 is 0. The molecule has 1 unspecified atom stereocenters. The van der Waals surface area contributed by atoms with Crippen molar-refractivity contribution in [3.63, 3.8) is 0 Å². The summed E-state index contributed by atoms with van der Waals surface area (Å²) < 4.78 is 1.96. The largest absolute Gasteiger partial charge is 0.346 e. The number of pyridine rings is 1. The van der Waals surface area contributed by atoms with Gasteiger partial charge in [-0.05, 0) is 67.5 Å². The van der Waals surface area contributed by atoms with Gasteiger partial charge in [-0.1, -0.05) is 84.2 Å². The lowest BCUT2D eigenvalue weighted by atomic mass is 9.92. The number of hydrogen-bond acceptors (Lipinski definition) is 2. The molecule has 1 aliphatic carbocycles. The predicted octanol–water partition coefficient (Wildman–Crippen LogP) is 8.30. The summed E-state index contributed by atoms with van der Waals surface area (Å²) in [4.78, 5) is 24.8. The quantitative estimate of drug-likeness (QED) is 0.233. The lowest BCUT2D eigenvalue weighted by Gasteiger charge is -2.15. The molecular formula is C33H45NO2. The first-order chi connectivity index (χ1) is 17.1. The maximum absolute atomic E-state index is 12.7. The standard InChI is InChI=1S/C27H27NO2.C4H10.C2H6.H2/c1-6-13-28-17-23(25(29)7-2)26(30)16-24(28)21-12-11-18(3)14-22(15-21)27-19(4)9-8-10-20(27)5;1-4(2)3;1-2;/h7-10,14-18H,2,6,13H2,1,3-5H3;4H,1-3H3;1-2H3;1H. The molecule has 3 rings (SSSR count). The summed E-state index contributed by atoms with van der Waals surface area (Å²) in [5.74, 6) is 7.10. The molecule has 1 aromatic heterocycles. The molecule has 36 heavy (non-hydrogen) atoms. The minimum absolute atomic E-state index is 0. The normalized spacial score (nSPS) is 14.0. The van der Waals surface area contributed by atoms with Crippen LogP contribution in [0, 0.1) is 37.5 Å². The van der Waals surface area contributed by atoms with Crippen LogP contribution >= 0.6 is 0 Å². The van der Waals surface area contributed by atoms with Crippen molar-refractivity contribution in [2.75, 3.05) is 0 Å². The average Bonchev–Trinajstić information content (AvgIpc) is 3.02. The highest BCUT2D eigenvalue weighted by molar-refractivity contribution is 6.04. The van der Waals surface area contributed by atoms with Crippen LogP contribution in [0.1, 0.15) is 89.1 Å². The number of carbonyl (C=O) groups excluding carboxylic acids is 1. The van der Waals surface area contributed by atoms with Crippen LogP contribution in [0.15, 0.2) is 60.1 Å². The number of benzene rings is 1. The topological polar surface area (TPSA) is 39.1 Å². The number of ketones is 1. The lowest BCUT2D eigenvalue weighted by molar-refractivity contribution is 0.104. The second-order valence-electron chi connectivity index (χ2n) is 9.44. The predicted molar refractivity (Wildman–Crippen MR) is 158 cm³/mol. The summed E-state index contributed by atoms with van der Waals surface area (Å²) in [5.41, 5.74) is 6.04. The monoisotopic (exact) mass is 487 g/mol. The Morgan fingerprint density at radius 2 is 1.78 bits per heavy atom. The lowest BCUT2D eigenvalue weighted by Crippen LogP contribution is -2.19. The van der Waals surface area contributed by atoms with Gasteiger partial charge in [0.1, 0.15) is 0 Å². The van der Waals surface area contributed by atoms with E-state index in [1.807, 2.05) is 18.4 Å². The van der Waals surface area contributed by atoms with Crippen LogP contribution in [0.4, 0.5) is 0 Å². The summed E-state index contributed by atoms with van der Waals surface area (Å²) in [7, 11) is 0. The van der Waals surface area contributed by atoms with E-state index in [4.69, 9.17) is 0 Å². The molecule has 194 valence electrons. The second kappa shape index (κ2) is 14.9. The fourth-order valence-corrected chi connectivity index (χ4v) is 3.83. The first kappa shape index (κ1) is 30.7. The van der Waals surface area contributed by atoms with E-state index < -0.39 is 0 Å². The number of rotatable bonds is 6. The van der Waals surface area contributed by atoms with E-state index >= 15 is 0 Å². The van der Waals surface area contributed by atoms with Gasteiger partial charge in [0.2, 0.25) is 0 Å². The Balaban J connectivity index is 0.00000169. The molecule has 1 aliphatic rings. The van der Waals surface area contributed by atoms with Crippen molar-refractivity contribution in [2.45, 2.75) is 75.3 Å². The third-order valence-corrected chi connectivity index (χ3v) is 5.25. The molecular weight excluding hydrogens is 442 g/mol. The van der Waals surface area contributed by atoms with Crippen molar-refractivity contribution in [3.05, 3.63) is 93.4 Å². The summed E-state index contributed by atoms with van der Waals surface area (Å²) in [6.07, 6.45) is 7.94. The minimum atomic E-state index is -0.359. The van der Waals surface area contributed by atoms with Gasteiger partial charge in [0.15, 0.2) is 11.2 Å². The SMILES string of the molecule is C=CC(=O)c1cn(CCC)c(C2=CC(c3c(C)cccc3C)=CC(C)C#C2)cc1=O.CC.CC(C)C.[HH]. The van der Waals surface area contributed by atoms with Gasteiger partial charge in [-0.25, -0.2) is 0 Å². The Kier molecular flexibility index (Phi) is 12.7. The fourth-order valence-electron chi connectivity index (χ4n) is 3.83. The fraction of sp³-hybridized carbons (Fsp3) is 0.394. The Hall–Kier alpha value is -3.38. The highest BCUT2D eigenvalue weighted by Gasteiger charge is 2.16. The van der Waals surface area contributed by atoms with Gasteiger partial charge < -0.3 is 4.57 Å². The van der Waals surface area contributed by atoms with Gasteiger partial charge in [0.05, 0.1) is 11.3 Å². The molecule has 3 heteroatoms. The maximum atomic E-state index is 12.7. The molecule has 3 nitrogen and oxygen atoms in total. The van der Waals surface area contributed by atoms with Gasteiger partial charge in [-0.3, -0.25) is 9.59 Å². The summed E-state index contributed by atoms with van der Waals surface area (Å²) in [6.45, 7) is 23.0. The molecule has 0 aliphatic heterocycles. The Morgan fingerprint density at radius 1 is 1.19 bits per heavy atom. The Bertz CT molecular complexity index is 1230. The van der Waals surface area contributed by atoms with Crippen LogP contribution in [-0.2, 0) is 6.54 Å². The van der Waals surface area contributed by atoms with Crippen LogP contribution in [0.2, 0.25) is 0 Å². The minimum Gasteiger partial charge on any atom is -0.346 e. The first-order valence-electron chi connectivity index (χ1n) is 13.0. The van der Waals surface area contributed by atoms with Crippen molar-refractivity contribution in [2.24, 2.45) is 11.8 Å². The summed E-state index contributed by atoms with van der Waals surface area (Å²) in [5, 5.41) is 0. The van der Waals surface area contributed by atoms with Crippen molar-refractivity contribution in [1.82, 2.24) is 4.57 Å². The van der Waals surface area contributed by atoms with Crippen LogP contribution < -0.4 is 5.43 Å². The highest BCUT2D eigenvalue weighted by atomic mass is 16.1. The zero-order valence-electron chi connectivity index (χ0n) is 23.7. The molecule has 1 atom stereocenters. The van der Waals surface area contributed by atoms with Crippen molar-refractivity contribution in [3.8, 4) is 11.8 Å². The highest BCUT2D eigenvalue weighted by Crippen LogP contribution is 2.30. The molecule has 0 amide bonds. The van der Waals surface area contributed by atoms with Gasteiger partial charge in [-0.15, -0.1) is 0 Å². The van der Waals surface area contributed by atoms with Gasteiger partial charge in [0.25, 0.3) is 0 Å². The smallest absolute Gasteiger partial charge is 0.193 e. The molecule has 0 radical (unpaired) electrons. The number of carbonyl (C=O) groups is 1. The van der Waals surface area contributed by atoms with Gasteiger partial charge in [-0.2, -0.15) is 0 Å². The van der Waals surface area contributed by atoms with E-state index in [0.717, 1.165) is 29.2 Å². The molecule has 0 saturated carbocycles. The molecule has 0 spiro atoms. The van der Waals surface area contributed by atoms with E-state index in [9.17, 15) is 9.59 Å². The van der Waals surface area contributed by atoms with E-state index in [-0.39, 0.29) is 24.1 Å². The maximum Gasteiger partial charge on any atom is 0.193 e. The van der Waals surface area contributed by atoms with E-state index in [1.54, 1.807) is 6.20 Å². The zero-order valence-corrected chi connectivity index (χ0v) is 23.7. The van der Waals surface area contributed by atoms with Crippen molar-refractivity contribution in [1.29, 1.82) is 0 Å². The molecule has 0 fully saturated rings. The van der Waals surface area contributed by atoms with E-state index in [0.29, 0.717) is 6.54 Å². The average molecular weight is 488 g/mol. The molecule has 2 aromatic rings. The summed E-state index contributed by atoms with van der Waals surface area (Å²) in [6, 6.07) is 7.81. The number of nitrogens with zero attached hydrogens (tertiary/aromatic N) is 1. The van der Waals surface area contributed by atoms with Gasteiger partial charge in [0, 0.05) is 31.7 Å². The molecule has 1 aromatic carbocycles. The number of aromatic nitrogens is 1. The zero-order chi connectivity index (χ0) is 27.4. The third kappa shape index (κ3) is 8.38. The number of allylic oxidation sites excluding steroid dienone is 5. The third-order valence-electron chi connectivity index (χ3n) is 5.25. The van der Waals surface area contributed by atoms with Crippen LogP contribution in [-0.4, -0.2) is 10.4 Å². The first-order valence-corrected chi connectivity index (χ1v) is 13.0. The van der Waals surface area contributed by atoms with E-state index in [1.165, 1.54) is 28.8 Å². The van der Waals surface area contributed by atoms with Crippen LogP contribution in [0.25, 0.3) is 11.1 Å². The van der Waals surface area contributed by atoms with E-state index in [2.05, 4.69) is 97.2 Å². The molecule has 0 bridgehead atoms. The molecule has 1 heterocycles. The van der Waals surface area contributed by atoms with Crippen molar-refractivity contribution < 1.29 is 6.22 Å². The second-order valence-corrected chi connectivity index (χ2v) is 9.44. The van der Waals surface area contributed by atoms with Gasteiger partial charge >= 0.3 is 0 Å². The van der Waals surface area contributed by atoms with Crippen LogP contribution in [0.5, 0.6) is 0 Å².